The van der Waals surface area contributed by atoms with E-state index in [0.29, 0.717) is 21.7 Å². The van der Waals surface area contributed by atoms with Gasteiger partial charge in [-0.05, 0) is 30.7 Å². The van der Waals surface area contributed by atoms with Gasteiger partial charge in [-0.25, -0.2) is 4.79 Å². The molecule has 1 aromatic carbocycles. The van der Waals surface area contributed by atoms with Crippen molar-refractivity contribution in [3.63, 3.8) is 0 Å². The van der Waals surface area contributed by atoms with Crippen LogP contribution in [0, 0.1) is 11.3 Å². The largest absolute Gasteiger partial charge is 0.325 e. The molecule has 24 heavy (non-hydrogen) atoms. The number of halogens is 1. The van der Waals surface area contributed by atoms with E-state index >= 15 is 0 Å². The second-order valence-corrected chi connectivity index (χ2v) is 6.04. The van der Waals surface area contributed by atoms with Gasteiger partial charge in [0.25, 0.3) is 5.91 Å². The summed E-state index contributed by atoms with van der Waals surface area (Å²) >= 11 is 5.88. The fourth-order valence-electron chi connectivity index (χ4n) is 2.66. The summed E-state index contributed by atoms with van der Waals surface area (Å²) in [5, 5.41) is 12.3. The summed E-state index contributed by atoms with van der Waals surface area (Å²) in [5.41, 5.74) is 0.311. The first-order valence-electron chi connectivity index (χ1n) is 7.19. The highest BCUT2D eigenvalue weighted by molar-refractivity contribution is 6.30. The maximum absolute atomic E-state index is 12.8. The van der Waals surface area contributed by atoms with Gasteiger partial charge in [0.15, 0.2) is 0 Å². The third-order valence-electron chi connectivity index (χ3n) is 4.03. The predicted octanol–water partition coefficient (Wildman–Crippen LogP) is 2.57. The lowest BCUT2D eigenvalue weighted by Crippen LogP contribution is -2.40. The van der Waals surface area contributed by atoms with Gasteiger partial charge in [-0.1, -0.05) is 23.7 Å². The topological polar surface area (TPSA) is 86.1 Å². The van der Waals surface area contributed by atoms with Crippen LogP contribution in [0.25, 0.3) is 0 Å². The normalized spacial score (nSPS) is 20.0. The number of nitrogens with one attached hydrogen (secondary N) is 1. The molecule has 7 heteroatoms. The zero-order valence-electron chi connectivity index (χ0n) is 12.8. The second kappa shape index (κ2) is 5.95. The maximum Gasteiger partial charge on any atom is 0.325 e. The van der Waals surface area contributed by atoms with Crippen LogP contribution in [0.2, 0.25) is 5.02 Å². The molecule has 120 valence electrons. The lowest BCUT2D eigenvalue weighted by atomic mass is 9.93. The molecule has 1 aromatic heterocycles. The first kappa shape index (κ1) is 16.0. The van der Waals surface area contributed by atoms with Crippen molar-refractivity contribution < 1.29 is 9.59 Å². The molecule has 1 aliphatic heterocycles. The number of nitrogens with zero attached hydrogens (tertiary/aromatic N) is 3. The Morgan fingerprint density at radius 1 is 1.38 bits per heavy atom. The van der Waals surface area contributed by atoms with Gasteiger partial charge in [-0.3, -0.25) is 14.7 Å². The molecule has 0 bridgehead atoms. The standard InChI is InChI=1S/C17H13ClN4O2/c1-17(13-3-2-6-20-9-13)15(23)22(16(24)21-17)10-11-4-5-14(18)7-12(11)8-19/h2-7,9H,10H2,1H3,(H,21,24). The molecule has 2 heterocycles. The van der Waals surface area contributed by atoms with Gasteiger partial charge in [0.05, 0.1) is 18.2 Å². The van der Waals surface area contributed by atoms with Crippen LogP contribution in [0.3, 0.4) is 0 Å². The summed E-state index contributed by atoms with van der Waals surface area (Å²) in [6.45, 7) is 1.64. The van der Waals surface area contributed by atoms with E-state index in [9.17, 15) is 14.9 Å². The third kappa shape index (κ3) is 2.59. The van der Waals surface area contributed by atoms with Crippen LogP contribution >= 0.6 is 11.6 Å². The number of rotatable bonds is 3. The lowest BCUT2D eigenvalue weighted by Gasteiger charge is -2.21. The van der Waals surface area contributed by atoms with E-state index in [2.05, 4.69) is 10.3 Å². The van der Waals surface area contributed by atoms with Crippen LogP contribution in [-0.4, -0.2) is 21.8 Å². The van der Waals surface area contributed by atoms with Gasteiger partial charge in [0, 0.05) is 23.0 Å². The Morgan fingerprint density at radius 2 is 2.17 bits per heavy atom. The fourth-order valence-corrected chi connectivity index (χ4v) is 2.83. The summed E-state index contributed by atoms with van der Waals surface area (Å²) in [4.78, 5) is 30.2. The van der Waals surface area contributed by atoms with E-state index in [1.165, 1.54) is 6.07 Å². The van der Waals surface area contributed by atoms with Crippen LogP contribution in [0.5, 0.6) is 0 Å². The van der Waals surface area contributed by atoms with Gasteiger partial charge in [-0.2, -0.15) is 5.26 Å². The van der Waals surface area contributed by atoms with Crippen LogP contribution in [0.1, 0.15) is 23.6 Å². The summed E-state index contributed by atoms with van der Waals surface area (Å²) in [5.74, 6) is -0.390. The van der Waals surface area contributed by atoms with E-state index in [4.69, 9.17) is 11.6 Å². The van der Waals surface area contributed by atoms with Gasteiger partial charge < -0.3 is 5.32 Å². The monoisotopic (exact) mass is 340 g/mol. The van der Waals surface area contributed by atoms with Gasteiger partial charge in [0.2, 0.25) is 0 Å². The molecule has 1 fully saturated rings. The molecule has 0 saturated carbocycles. The Labute approximate surface area is 143 Å². The van der Waals surface area contributed by atoms with Crippen molar-refractivity contribution in [2.24, 2.45) is 0 Å². The number of pyridine rings is 1. The Kier molecular flexibility index (Phi) is 3.96. The van der Waals surface area contributed by atoms with Gasteiger partial charge >= 0.3 is 6.03 Å². The highest BCUT2D eigenvalue weighted by atomic mass is 35.5. The number of hydrogen-bond donors (Lipinski definition) is 1. The molecule has 0 radical (unpaired) electrons. The highest BCUT2D eigenvalue weighted by Crippen LogP contribution is 2.29. The summed E-state index contributed by atoms with van der Waals surface area (Å²) < 4.78 is 0. The number of hydrogen-bond acceptors (Lipinski definition) is 4. The summed E-state index contributed by atoms with van der Waals surface area (Å²) in [6, 6.07) is 9.73. The number of amides is 3. The van der Waals surface area contributed by atoms with Crippen LogP contribution in [-0.2, 0) is 16.9 Å². The summed E-state index contributed by atoms with van der Waals surface area (Å²) in [7, 11) is 0. The van der Waals surface area contributed by atoms with E-state index in [1.807, 2.05) is 6.07 Å². The number of nitriles is 1. The van der Waals surface area contributed by atoms with Crippen LogP contribution in [0.4, 0.5) is 4.79 Å². The molecule has 1 saturated heterocycles. The van der Waals surface area contributed by atoms with Gasteiger partial charge in [-0.15, -0.1) is 0 Å². The van der Waals surface area contributed by atoms with Gasteiger partial charge in [0.1, 0.15) is 5.54 Å². The van der Waals surface area contributed by atoms with E-state index in [0.717, 1.165) is 4.90 Å². The van der Waals surface area contributed by atoms with E-state index < -0.39 is 11.6 Å². The lowest BCUT2D eigenvalue weighted by molar-refractivity contribution is -0.131. The second-order valence-electron chi connectivity index (χ2n) is 5.60. The van der Waals surface area contributed by atoms with Crippen molar-refractivity contribution in [3.05, 3.63) is 64.4 Å². The number of imide groups is 1. The molecule has 3 amide bonds. The molecule has 0 spiro atoms. The van der Waals surface area contributed by atoms with Crippen LogP contribution in [0.15, 0.2) is 42.7 Å². The molecule has 2 aromatic rings. The minimum absolute atomic E-state index is 0.000576. The Bertz CT molecular complexity index is 863. The van der Waals surface area contributed by atoms with Crippen molar-refractivity contribution in [3.8, 4) is 6.07 Å². The number of urea groups is 1. The number of carbonyl (C=O) groups is 2. The Hall–Kier alpha value is -2.91. The molecule has 1 unspecified atom stereocenters. The molecule has 6 nitrogen and oxygen atoms in total. The average molecular weight is 341 g/mol. The number of aromatic nitrogens is 1. The fraction of sp³-hybridized carbons (Fsp3) is 0.176. The minimum Gasteiger partial charge on any atom is -0.319 e. The minimum atomic E-state index is -1.18. The smallest absolute Gasteiger partial charge is 0.319 e. The molecular formula is C17H13ClN4O2. The van der Waals surface area contributed by atoms with Crippen molar-refractivity contribution in [1.82, 2.24) is 15.2 Å². The van der Waals surface area contributed by atoms with E-state index in [-0.39, 0.29) is 12.5 Å². The molecule has 1 atom stereocenters. The van der Waals surface area contributed by atoms with E-state index in [1.54, 1.807) is 43.6 Å². The predicted molar refractivity (Wildman–Crippen MR) is 86.8 cm³/mol. The van der Waals surface area contributed by atoms with Crippen molar-refractivity contribution >= 4 is 23.5 Å². The molecule has 1 aliphatic rings. The number of carbonyl (C=O) groups excluding carboxylic acids is 2. The Balaban J connectivity index is 1.93. The quantitative estimate of drug-likeness (QED) is 0.870. The zero-order valence-corrected chi connectivity index (χ0v) is 13.5. The number of benzene rings is 1. The Morgan fingerprint density at radius 3 is 2.83 bits per heavy atom. The SMILES string of the molecule is CC1(c2cccnc2)NC(=O)N(Cc2ccc(Cl)cc2C#N)C1=O. The first-order chi connectivity index (χ1) is 11.5. The maximum atomic E-state index is 12.8. The molecular weight excluding hydrogens is 328 g/mol. The molecule has 0 aliphatic carbocycles. The first-order valence-corrected chi connectivity index (χ1v) is 7.56. The van der Waals surface area contributed by atoms with Crippen molar-refractivity contribution in [1.29, 1.82) is 5.26 Å². The zero-order chi connectivity index (χ0) is 17.3. The molecule has 3 rings (SSSR count). The third-order valence-corrected chi connectivity index (χ3v) is 4.27. The van der Waals surface area contributed by atoms with Crippen LogP contribution < -0.4 is 5.32 Å². The van der Waals surface area contributed by atoms with Crippen molar-refractivity contribution in [2.45, 2.75) is 19.0 Å². The summed E-state index contributed by atoms with van der Waals surface area (Å²) in [6.07, 6.45) is 3.14. The van der Waals surface area contributed by atoms with Crippen molar-refractivity contribution in [2.75, 3.05) is 0 Å². The highest BCUT2D eigenvalue weighted by Gasteiger charge is 2.49. The molecule has 1 N–H and O–H groups in total. The average Bonchev–Trinajstić information content (AvgIpc) is 2.81.